The summed E-state index contributed by atoms with van der Waals surface area (Å²) in [4.78, 5) is 14.7. The smallest absolute Gasteiger partial charge is 0.196 e. The van der Waals surface area contributed by atoms with Crippen LogP contribution in [0.4, 0.5) is 4.39 Å². The van der Waals surface area contributed by atoms with Crippen LogP contribution in [-0.4, -0.2) is 18.6 Å². The fraction of sp³-hybridized carbons (Fsp3) is 0.300. The van der Waals surface area contributed by atoms with Gasteiger partial charge in [-0.1, -0.05) is 0 Å². The first-order valence-corrected chi connectivity index (χ1v) is 5.54. The number of aromatic nitrogens is 1. The molecule has 0 aromatic carbocycles. The third kappa shape index (κ3) is 1.93. The number of thiophene rings is 1. The third-order valence-corrected chi connectivity index (χ3v) is 3.19. The van der Waals surface area contributed by atoms with E-state index in [4.69, 9.17) is 0 Å². The first-order chi connectivity index (χ1) is 7.22. The Hall–Kier alpha value is -1.20. The molecule has 0 aliphatic heterocycles. The quantitative estimate of drug-likeness (QED) is 0.779. The lowest BCUT2D eigenvalue weighted by Crippen LogP contribution is -2.11. The van der Waals surface area contributed by atoms with Crippen molar-refractivity contribution >= 4 is 21.6 Å². The average molecular weight is 226 g/mol. The van der Waals surface area contributed by atoms with E-state index in [1.807, 2.05) is 12.4 Å². The molecule has 2 aromatic heterocycles. The third-order valence-electron chi connectivity index (χ3n) is 2.25. The van der Waals surface area contributed by atoms with Gasteiger partial charge >= 0.3 is 0 Å². The van der Waals surface area contributed by atoms with Crippen LogP contribution in [0.15, 0.2) is 16.2 Å². The van der Waals surface area contributed by atoms with E-state index in [0.29, 0.717) is 10.2 Å². The lowest BCUT2D eigenvalue weighted by atomic mass is 10.1. The maximum atomic E-state index is 12.9. The number of halogens is 1. The van der Waals surface area contributed by atoms with Gasteiger partial charge in [-0.05, 0) is 31.0 Å². The average Bonchev–Trinajstić information content (AvgIpc) is 2.58. The summed E-state index contributed by atoms with van der Waals surface area (Å²) in [6.45, 7) is 0.808. The van der Waals surface area contributed by atoms with E-state index in [2.05, 4.69) is 10.3 Å². The Kier molecular flexibility index (Phi) is 2.83. The molecule has 3 nitrogen and oxygen atoms in total. The fourth-order valence-electron chi connectivity index (χ4n) is 1.53. The van der Waals surface area contributed by atoms with Crippen molar-refractivity contribution in [3.63, 3.8) is 0 Å². The highest BCUT2D eigenvalue weighted by atomic mass is 32.1. The van der Waals surface area contributed by atoms with Crippen molar-refractivity contribution in [2.75, 3.05) is 13.6 Å². The molecule has 0 saturated heterocycles. The van der Waals surface area contributed by atoms with E-state index in [1.165, 1.54) is 11.3 Å². The van der Waals surface area contributed by atoms with E-state index in [1.54, 1.807) is 0 Å². The second kappa shape index (κ2) is 4.12. The van der Waals surface area contributed by atoms with Gasteiger partial charge in [-0.2, -0.15) is 4.39 Å². The zero-order chi connectivity index (χ0) is 10.8. The highest BCUT2D eigenvalue weighted by Crippen LogP contribution is 2.21. The molecule has 0 fully saturated rings. The normalized spacial score (nSPS) is 11.1. The standard InChI is InChI=1S/C10H11FN2OS/c1-12-3-2-6-5-15-10-9(6)7(14)4-8(11)13-10/h4-5,12H,2-3H2,1H3,(H,13,14). The summed E-state index contributed by atoms with van der Waals surface area (Å²) in [5, 5.41) is 5.54. The van der Waals surface area contributed by atoms with Gasteiger partial charge in [-0.3, -0.25) is 4.79 Å². The minimum atomic E-state index is -0.575. The molecule has 0 amide bonds. The van der Waals surface area contributed by atoms with Gasteiger partial charge in [0.1, 0.15) is 4.83 Å². The SMILES string of the molecule is CNCCc1csc2[nH]c(F)cc(=O)c12. The summed E-state index contributed by atoms with van der Waals surface area (Å²) in [5.74, 6) is -0.575. The van der Waals surface area contributed by atoms with Crippen molar-refractivity contribution in [1.29, 1.82) is 0 Å². The van der Waals surface area contributed by atoms with Crippen LogP contribution in [-0.2, 0) is 6.42 Å². The van der Waals surface area contributed by atoms with Crippen molar-refractivity contribution in [2.24, 2.45) is 0 Å². The van der Waals surface area contributed by atoms with E-state index >= 15 is 0 Å². The van der Waals surface area contributed by atoms with Gasteiger partial charge in [0.05, 0.1) is 5.39 Å². The summed E-state index contributed by atoms with van der Waals surface area (Å²) in [7, 11) is 1.86. The van der Waals surface area contributed by atoms with Gasteiger partial charge in [0.15, 0.2) is 11.4 Å². The largest absolute Gasteiger partial charge is 0.323 e. The molecule has 0 spiro atoms. The van der Waals surface area contributed by atoms with Crippen molar-refractivity contribution < 1.29 is 4.39 Å². The van der Waals surface area contributed by atoms with Gasteiger partial charge in [-0.15, -0.1) is 11.3 Å². The molecular formula is C10H11FN2OS. The second-order valence-electron chi connectivity index (χ2n) is 3.30. The van der Waals surface area contributed by atoms with Crippen LogP contribution < -0.4 is 10.7 Å². The number of likely N-dealkylation sites (N-methyl/N-ethyl adjacent to an activating group) is 1. The Morgan fingerprint density at radius 3 is 3.13 bits per heavy atom. The predicted octanol–water partition coefficient (Wildman–Crippen LogP) is 1.49. The molecule has 80 valence electrons. The van der Waals surface area contributed by atoms with Crippen LogP contribution in [0.25, 0.3) is 10.2 Å². The molecule has 0 unspecified atom stereocenters. The summed E-state index contributed by atoms with van der Waals surface area (Å²) in [6.07, 6.45) is 0.783. The van der Waals surface area contributed by atoms with Crippen LogP contribution in [0, 0.1) is 5.95 Å². The van der Waals surface area contributed by atoms with E-state index in [-0.39, 0.29) is 5.43 Å². The van der Waals surface area contributed by atoms with E-state index in [9.17, 15) is 9.18 Å². The summed E-state index contributed by atoms with van der Waals surface area (Å²) in [6, 6.07) is 0.998. The number of aromatic amines is 1. The van der Waals surface area contributed by atoms with Crippen molar-refractivity contribution in [2.45, 2.75) is 6.42 Å². The highest BCUT2D eigenvalue weighted by molar-refractivity contribution is 7.16. The van der Waals surface area contributed by atoms with E-state index < -0.39 is 5.95 Å². The van der Waals surface area contributed by atoms with Gasteiger partial charge in [0.25, 0.3) is 0 Å². The molecule has 0 aliphatic rings. The van der Waals surface area contributed by atoms with Crippen LogP contribution in [0.3, 0.4) is 0 Å². The Morgan fingerprint density at radius 1 is 1.60 bits per heavy atom. The van der Waals surface area contributed by atoms with Crippen molar-refractivity contribution in [1.82, 2.24) is 10.3 Å². The number of pyridine rings is 1. The van der Waals surface area contributed by atoms with Gasteiger partial charge in [0, 0.05) is 6.07 Å². The molecule has 0 radical (unpaired) electrons. The number of hydrogen-bond donors (Lipinski definition) is 2. The molecular weight excluding hydrogens is 215 g/mol. The van der Waals surface area contributed by atoms with Crippen LogP contribution >= 0.6 is 11.3 Å². The minimum absolute atomic E-state index is 0.242. The zero-order valence-corrected chi connectivity index (χ0v) is 9.08. The first kappa shape index (κ1) is 10.3. The second-order valence-corrected chi connectivity index (χ2v) is 4.18. The topological polar surface area (TPSA) is 44.9 Å². The fourth-order valence-corrected chi connectivity index (χ4v) is 2.53. The maximum Gasteiger partial charge on any atom is 0.196 e. The van der Waals surface area contributed by atoms with Crippen molar-refractivity contribution in [3.8, 4) is 0 Å². The molecule has 2 heterocycles. The summed E-state index contributed by atoms with van der Waals surface area (Å²) < 4.78 is 12.9. The Morgan fingerprint density at radius 2 is 2.40 bits per heavy atom. The monoisotopic (exact) mass is 226 g/mol. The molecule has 5 heteroatoms. The lowest BCUT2D eigenvalue weighted by molar-refractivity contribution is 0.588. The Labute approximate surface area is 89.9 Å². The van der Waals surface area contributed by atoms with Crippen LogP contribution in [0.1, 0.15) is 5.56 Å². The Balaban J connectivity index is 2.54. The molecule has 15 heavy (non-hydrogen) atoms. The van der Waals surface area contributed by atoms with Crippen LogP contribution in [0.5, 0.6) is 0 Å². The molecule has 0 saturated carbocycles. The minimum Gasteiger partial charge on any atom is -0.323 e. The highest BCUT2D eigenvalue weighted by Gasteiger charge is 2.08. The molecule has 0 bridgehead atoms. The van der Waals surface area contributed by atoms with Gasteiger partial charge in [-0.25, -0.2) is 0 Å². The first-order valence-electron chi connectivity index (χ1n) is 4.66. The maximum absolute atomic E-state index is 12.9. The molecule has 2 rings (SSSR count). The number of rotatable bonds is 3. The molecule has 0 atom stereocenters. The predicted molar refractivity (Wildman–Crippen MR) is 60.0 cm³/mol. The van der Waals surface area contributed by atoms with Crippen molar-refractivity contribution in [3.05, 3.63) is 33.2 Å². The van der Waals surface area contributed by atoms with Gasteiger partial charge < -0.3 is 10.3 Å². The summed E-state index contributed by atoms with van der Waals surface area (Å²) >= 11 is 1.37. The molecule has 2 N–H and O–H groups in total. The molecule has 2 aromatic rings. The number of fused-ring (bicyclic) bond motifs is 1. The number of nitrogens with one attached hydrogen (secondary N) is 2. The Bertz CT molecular complexity index is 532. The number of H-pyrrole nitrogens is 1. The van der Waals surface area contributed by atoms with Gasteiger partial charge in [0.2, 0.25) is 0 Å². The molecule has 0 aliphatic carbocycles. The zero-order valence-electron chi connectivity index (χ0n) is 8.26. The van der Waals surface area contributed by atoms with E-state index in [0.717, 1.165) is 24.6 Å². The lowest BCUT2D eigenvalue weighted by Gasteiger charge is -1.97. The number of hydrogen-bond acceptors (Lipinski definition) is 3. The summed E-state index contributed by atoms with van der Waals surface area (Å²) in [5.41, 5.74) is 0.735. The van der Waals surface area contributed by atoms with Crippen LogP contribution in [0.2, 0.25) is 0 Å².